The van der Waals surface area contributed by atoms with Crippen LogP contribution in [-0.4, -0.2) is 64.7 Å². The molecule has 0 radical (unpaired) electrons. The molecule has 0 spiro atoms. The van der Waals surface area contributed by atoms with E-state index >= 15 is 0 Å². The van der Waals surface area contributed by atoms with Crippen molar-refractivity contribution < 1.29 is 31.5 Å². The Kier molecular flexibility index (Phi) is 5.38. The molecule has 0 amide bonds. The minimum absolute atomic E-state index is 0.105. The Hall–Kier alpha value is -2.19. The zero-order valence-corrected chi connectivity index (χ0v) is 16.3. The van der Waals surface area contributed by atoms with Gasteiger partial charge in [0.05, 0.1) is 10.5 Å². The average molecular weight is 484 g/mol. The summed E-state index contributed by atoms with van der Waals surface area (Å²) in [5, 5.41) is 15.9. The molecule has 2 heterocycles. The van der Waals surface area contributed by atoms with E-state index in [1.165, 1.54) is 4.90 Å². The molecule has 0 unspecified atom stereocenters. The van der Waals surface area contributed by atoms with E-state index < -0.39 is 38.7 Å². The summed E-state index contributed by atoms with van der Waals surface area (Å²) in [6.07, 6.45) is -4.61. The quantitative estimate of drug-likeness (QED) is 0.676. The first kappa shape index (κ1) is 20.5. The summed E-state index contributed by atoms with van der Waals surface area (Å²) >= 11 is 3.08. The molecule has 0 bridgehead atoms. The van der Waals surface area contributed by atoms with Gasteiger partial charge in [-0.25, -0.2) is 8.42 Å². The normalized spacial score (nSPS) is 19.0. The zero-order chi connectivity index (χ0) is 20.7. The van der Waals surface area contributed by atoms with Crippen molar-refractivity contribution in [3.05, 3.63) is 34.6 Å². The van der Waals surface area contributed by atoms with E-state index in [1.807, 2.05) is 0 Å². The lowest BCUT2D eigenvalue weighted by molar-refractivity contribution is -0.141. The number of aromatic nitrogens is 3. The summed E-state index contributed by atoms with van der Waals surface area (Å²) in [4.78, 5) is 16.8. The van der Waals surface area contributed by atoms with E-state index in [1.54, 1.807) is 0 Å². The van der Waals surface area contributed by atoms with Gasteiger partial charge < -0.3 is 10.0 Å². The van der Waals surface area contributed by atoms with Gasteiger partial charge in [-0.15, -0.1) is 5.10 Å². The molecule has 3 rings (SSSR count). The van der Waals surface area contributed by atoms with E-state index in [0.717, 1.165) is 16.4 Å². The summed E-state index contributed by atoms with van der Waals surface area (Å²) in [6.45, 7) is -0.320. The number of sulfonamides is 1. The lowest BCUT2D eigenvalue weighted by Gasteiger charge is -2.37. The maximum absolute atomic E-state index is 12.8. The molecule has 1 atom stereocenters. The van der Waals surface area contributed by atoms with Crippen LogP contribution in [0, 0.1) is 0 Å². The lowest BCUT2D eigenvalue weighted by atomic mass is 10.2. The number of halogens is 4. The molecule has 1 saturated heterocycles. The fourth-order valence-corrected chi connectivity index (χ4v) is 4.58. The van der Waals surface area contributed by atoms with Gasteiger partial charge in [0.15, 0.2) is 4.73 Å². The van der Waals surface area contributed by atoms with Gasteiger partial charge in [-0.05, 0) is 40.2 Å². The fourth-order valence-electron chi connectivity index (χ4n) is 2.76. The molecule has 2 N–H and O–H groups in total. The lowest BCUT2D eigenvalue weighted by Crippen LogP contribution is -2.58. The maximum Gasteiger partial charge on any atom is 0.416 e. The Bertz CT molecular complexity index is 980. The Labute approximate surface area is 165 Å². The minimum atomic E-state index is -4.61. The van der Waals surface area contributed by atoms with Crippen LogP contribution in [0.5, 0.6) is 0 Å². The molecule has 1 aliphatic heterocycles. The first-order valence-electron chi connectivity index (χ1n) is 7.75. The van der Waals surface area contributed by atoms with Crippen molar-refractivity contribution in [2.45, 2.75) is 17.1 Å². The first-order valence-corrected chi connectivity index (χ1v) is 9.98. The number of piperazine rings is 1. The van der Waals surface area contributed by atoms with E-state index in [4.69, 9.17) is 0 Å². The van der Waals surface area contributed by atoms with Crippen LogP contribution < -0.4 is 4.90 Å². The predicted molar refractivity (Wildman–Crippen MR) is 93.1 cm³/mol. The summed E-state index contributed by atoms with van der Waals surface area (Å²) in [5.74, 6) is -1.19. The Morgan fingerprint density at radius 1 is 1.25 bits per heavy atom. The highest BCUT2D eigenvalue weighted by Crippen LogP contribution is 2.31. The molecular weight excluding hydrogens is 471 g/mol. The second kappa shape index (κ2) is 7.33. The average Bonchev–Trinajstić information content (AvgIpc) is 3.07. The Morgan fingerprint density at radius 2 is 1.89 bits per heavy atom. The maximum atomic E-state index is 12.8. The molecule has 1 fully saturated rings. The number of carboxylic acids is 1. The molecule has 1 aliphatic rings. The van der Waals surface area contributed by atoms with E-state index in [-0.39, 0.29) is 25.6 Å². The number of aromatic amines is 1. The smallest absolute Gasteiger partial charge is 0.416 e. The van der Waals surface area contributed by atoms with Crippen LogP contribution in [0.3, 0.4) is 0 Å². The van der Waals surface area contributed by atoms with Gasteiger partial charge in [-0.1, -0.05) is 0 Å². The number of hydrogen-bond acceptors (Lipinski definition) is 6. The number of H-pyrrole nitrogens is 1. The van der Waals surface area contributed by atoms with Gasteiger partial charge in [-0.2, -0.15) is 22.5 Å². The van der Waals surface area contributed by atoms with Gasteiger partial charge in [0.1, 0.15) is 6.04 Å². The van der Waals surface area contributed by atoms with Crippen molar-refractivity contribution in [1.29, 1.82) is 0 Å². The monoisotopic (exact) mass is 483 g/mol. The predicted octanol–water partition coefficient (Wildman–Crippen LogP) is 1.55. The number of benzene rings is 1. The summed E-state index contributed by atoms with van der Waals surface area (Å²) in [7, 11) is -4.32. The fraction of sp³-hybridized carbons (Fsp3) is 0.357. The van der Waals surface area contributed by atoms with Gasteiger partial charge >= 0.3 is 12.1 Å². The number of alkyl halides is 3. The number of anilines is 1. The van der Waals surface area contributed by atoms with Crippen molar-refractivity contribution in [3.63, 3.8) is 0 Å². The van der Waals surface area contributed by atoms with Crippen LogP contribution in [0.2, 0.25) is 0 Å². The van der Waals surface area contributed by atoms with E-state index in [0.29, 0.717) is 16.9 Å². The molecule has 28 heavy (non-hydrogen) atoms. The topological polar surface area (TPSA) is 119 Å². The third-order valence-corrected chi connectivity index (χ3v) is 6.41. The largest absolute Gasteiger partial charge is 0.480 e. The van der Waals surface area contributed by atoms with Gasteiger partial charge in [0.2, 0.25) is 16.0 Å². The number of hydrogen-bond donors (Lipinski definition) is 2. The van der Waals surface area contributed by atoms with Crippen molar-refractivity contribution in [3.8, 4) is 0 Å². The molecule has 152 valence electrons. The third-order valence-electron chi connectivity index (χ3n) is 4.13. The number of nitrogens with one attached hydrogen (secondary N) is 1. The Balaban J connectivity index is 1.87. The first-order chi connectivity index (χ1) is 13.0. The SMILES string of the molecule is O=C(O)[C@H]1CN(c2n[nH]c(Br)n2)CCN1S(=O)(=O)c1ccc(C(F)(F)F)cc1. The number of rotatable bonds is 4. The second-order valence-corrected chi connectivity index (χ2v) is 8.51. The summed E-state index contributed by atoms with van der Waals surface area (Å²) in [6, 6.07) is 1.46. The highest BCUT2D eigenvalue weighted by molar-refractivity contribution is 9.10. The number of nitrogens with zero attached hydrogens (tertiary/aromatic N) is 4. The van der Waals surface area contributed by atoms with Crippen molar-refractivity contribution in [2.75, 3.05) is 24.5 Å². The summed E-state index contributed by atoms with van der Waals surface area (Å²) < 4.78 is 64.8. The Morgan fingerprint density at radius 3 is 2.39 bits per heavy atom. The van der Waals surface area contributed by atoms with Crippen LogP contribution in [0.15, 0.2) is 33.9 Å². The highest BCUT2D eigenvalue weighted by Gasteiger charge is 2.41. The van der Waals surface area contributed by atoms with Crippen molar-refractivity contribution in [1.82, 2.24) is 19.5 Å². The molecular formula is C14H13BrF3N5O4S. The zero-order valence-electron chi connectivity index (χ0n) is 13.9. The molecule has 14 heteroatoms. The van der Waals surface area contributed by atoms with Gasteiger partial charge in [0.25, 0.3) is 0 Å². The molecule has 0 saturated carbocycles. The van der Waals surface area contributed by atoms with Crippen LogP contribution in [0.4, 0.5) is 19.1 Å². The molecule has 9 nitrogen and oxygen atoms in total. The number of aliphatic carboxylic acids is 1. The van der Waals surface area contributed by atoms with Crippen LogP contribution in [0.25, 0.3) is 0 Å². The van der Waals surface area contributed by atoms with E-state index in [9.17, 15) is 31.5 Å². The number of carboxylic acid groups (broad SMARTS) is 1. The molecule has 1 aromatic carbocycles. The minimum Gasteiger partial charge on any atom is -0.480 e. The molecule has 1 aromatic heterocycles. The molecule has 0 aliphatic carbocycles. The van der Waals surface area contributed by atoms with Crippen molar-refractivity contribution >= 4 is 37.9 Å². The molecule has 2 aromatic rings. The standard InChI is InChI=1S/C14H13BrF3N5O4S/c15-12-19-13(21-20-12)22-5-6-23(10(7-22)11(24)25)28(26,27)9-3-1-8(2-4-9)14(16,17)18/h1-4,10H,5-7H2,(H,24,25)(H,19,20,21)/t10-/m1/s1. The van der Waals surface area contributed by atoms with Gasteiger partial charge in [-0.3, -0.25) is 9.89 Å². The van der Waals surface area contributed by atoms with Crippen LogP contribution in [0.1, 0.15) is 5.56 Å². The summed E-state index contributed by atoms with van der Waals surface area (Å²) in [5.41, 5.74) is -0.999. The van der Waals surface area contributed by atoms with E-state index in [2.05, 4.69) is 31.1 Å². The van der Waals surface area contributed by atoms with Gasteiger partial charge in [0, 0.05) is 19.6 Å². The van der Waals surface area contributed by atoms with Crippen LogP contribution in [-0.2, 0) is 21.0 Å². The third kappa shape index (κ3) is 3.98. The highest BCUT2D eigenvalue weighted by atomic mass is 79.9. The van der Waals surface area contributed by atoms with Crippen LogP contribution >= 0.6 is 15.9 Å². The van der Waals surface area contributed by atoms with Crippen molar-refractivity contribution in [2.24, 2.45) is 0 Å². The number of carbonyl (C=O) groups is 1. The second-order valence-electron chi connectivity index (χ2n) is 5.86.